The lowest BCUT2D eigenvalue weighted by molar-refractivity contribution is -0.146. The Morgan fingerprint density at radius 3 is 2.50 bits per heavy atom. The highest BCUT2D eigenvalue weighted by Crippen LogP contribution is 2.20. The molecule has 0 aromatic heterocycles. The second-order valence-corrected chi connectivity index (χ2v) is 4.06. The van der Waals surface area contributed by atoms with Crippen molar-refractivity contribution in [3.63, 3.8) is 0 Å². The number of carbonyl (C=O) groups excluding carboxylic acids is 1. The molecule has 1 N–H and O–H groups in total. The van der Waals surface area contributed by atoms with E-state index in [-0.39, 0.29) is 5.91 Å². The van der Waals surface area contributed by atoms with E-state index in [0.717, 1.165) is 5.56 Å². The quantitative estimate of drug-likeness (QED) is 0.811. The molecule has 16 heavy (non-hydrogen) atoms. The van der Waals surface area contributed by atoms with Gasteiger partial charge in [0.05, 0.1) is 5.92 Å². The number of carboxylic acid groups (broad SMARTS) is 1. The maximum atomic E-state index is 11.9. The smallest absolute Gasteiger partial charge is 0.310 e. The number of aryl methyl sites for hydroxylation is 1. The first-order chi connectivity index (χ1) is 7.59. The molecule has 0 atom stereocenters. The number of hydrogen-bond donors (Lipinski definition) is 1. The molecule has 2 rings (SSSR count). The molecule has 1 saturated heterocycles. The van der Waals surface area contributed by atoms with Gasteiger partial charge in [-0.15, -0.1) is 0 Å². The van der Waals surface area contributed by atoms with Gasteiger partial charge in [0.15, 0.2) is 0 Å². The largest absolute Gasteiger partial charge is 0.481 e. The lowest BCUT2D eigenvalue weighted by Gasteiger charge is -2.36. The molecule has 4 heteroatoms. The van der Waals surface area contributed by atoms with Crippen LogP contribution in [-0.2, 0) is 4.79 Å². The summed E-state index contributed by atoms with van der Waals surface area (Å²) in [6.07, 6.45) is 0. The second-order valence-electron chi connectivity index (χ2n) is 4.06. The fourth-order valence-corrected chi connectivity index (χ4v) is 1.78. The summed E-state index contributed by atoms with van der Waals surface area (Å²) in [6, 6.07) is 7.34. The third-order valence-corrected chi connectivity index (χ3v) is 2.89. The predicted molar refractivity (Wildman–Crippen MR) is 58.2 cm³/mol. The third-order valence-electron chi connectivity index (χ3n) is 2.89. The number of likely N-dealkylation sites (tertiary alicyclic amines) is 1. The van der Waals surface area contributed by atoms with E-state index in [1.165, 1.54) is 0 Å². The summed E-state index contributed by atoms with van der Waals surface area (Å²) in [7, 11) is 0. The minimum atomic E-state index is -0.825. The van der Waals surface area contributed by atoms with Crippen molar-refractivity contribution in [3.8, 4) is 0 Å². The zero-order chi connectivity index (χ0) is 11.7. The van der Waals surface area contributed by atoms with Crippen molar-refractivity contribution >= 4 is 11.9 Å². The van der Waals surface area contributed by atoms with Crippen LogP contribution in [0.1, 0.15) is 15.9 Å². The minimum Gasteiger partial charge on any atom is -0.481 e. The summed E-state index contributed by atoms with van der Waals surface area (Å²) >= 11 is 0. The predicted octanol–water partition coefficient (Wildman–Crippen LogP) is 1.15. The van der Waals surface area contributed by atoms with Gasteiger partial charge in [-0.1, -0.05) is 18.2 Å². The maximum absolute atomic E-state index is 11.9. The van der Waals surface area contributed by atoms with Crippen molar-refractivity contribution < 1.29 is 14.7 Å². The number of aliphatic carboxylic acids is 1. The van der Waals surface area contributed by atoms with E-state index in [4.69, 9.17) is 5.11 Å². The van der Waals surface area contributed by atoms with Crippen LogP contribution in [0.3, 0.4) is 0 Å². The monoisotopic (exact) mass is 219 g/mol. The van der Waals surface area contributed by atoms with Crippen molar-refractivity contribution in [2.24, 2.45) is 5.92 Å². The number of hydrogen-bond acceptors (Lipinski definition) is 2. The molecule has 1 fully saturated rings. The number of amides is 1. The molecule has 0 bridgehead atoms. The highest BCUT2D eigenvalue weighted by atomic mass is 16.4. The van der Waals surface area contributed by atoms with Crippen LogP contribution >= 0.6 is 0 Å². The van der Waals surface area contributed by atoms with Gasteiger partial charge in [0.25, 0.3) is 5.91 Å². The van der Waals surface area contributed by atoms with Crippen molar-refractivity contribution in [2.75, 3.05) is 13.1 Å². The Morgan fingerprint density at radius 2 is 1.94 bits per heavy atom. The normalized spacial score (nSPS) is 15.7. The van der Waals surface area contributed by atoms with Crippen LogP contribution in [0.4, 0.5) is 0 Å². The maximum Gasteiger partial charge on any atom is 0.310 e. The van der Waals surface area contributed by atoms with Gasteiger partial charge in [-0.25, -0.2) is 0 Å². The van der Waals surface area contributed by atoms with Crippen molar-refractivity contribution in [1.29, 1.82) is 0 Å². The molecule has 1 aliphatic rings. The van der Waals surface area contributed by atoms with Gasteiger partial charge >= 0.3 is 5.97 Å². The first kappa shape index (κ1) is 10.7. The first-order valence-electron chi connectivity index (χ1n) is 5.17. The summed E-state index contributed by atoms with van der Waals surface area (Å²) in [6.45, 7) is 2.52. The molecule has 84 valence electrons. The van der Waals surface area contributed by atoms with Crippen LogP contribution in [0.2, 0.25) is 0 Å². The molecule has 0 aliphatic carbocycles. The van der Waals surface area contributed by atoms with Gasteiger partial charge in [-0.3, -0.25) is 9.59 Å². The molecule has 0 spiro atoms. The summed E-state index contributed by atoms with van der Waals surface area (Å²) in [4.78, 5) is 24.1. The van der Waals surface area contributed by atoms with Gasteiger partial charge in [0.2, 0.25) is 0 Å². The van der Waals surface area contributed by atoms with Crippen molar-refractivity contribution in [3.05, 3.63) is 35.4 Å². The SMILES string of the molecule is Cc1ccccc1C(=O)N1CC(C(=O)O)C1. The summed E-state index contributed by atoms with van der Waals surface area (Å²) in [5, 5.41) is 8.72. The van der Waals surface area contributed by atoms with Gasteiger partial charge < -0.3 is 10.0 Å². The Bertz CT molecular complexity index is 436. The topological polar surface area (TPSA) is 57.6 Å². The number of nitrogens with zero attached hydrogens (tertiary/aromatic N) is 1. The van der Waals surface area contributed by atoms with Crippen LogP contribution in [0, 0.1) is 12.8 Å². The molecule has 1 aliphatic heterocycles. The summed E-state index contributed by atoms with van der Waals surface area (Å²) in [5.41, 5.74) is 1.58. The fourth-order valence-electron chi connectivity index (χ4n) is 1.78. The Kier molecular flexibility index (Phi) is 2.64. The zero-order valence-electron chi connectivity index (χ0n) is 9.01. The average Bonchev–Trinajstić information content (AvgIpc) is 2.15. The summed E-state index contributed by atoms with van der Waals surface area (Å²) < 4.78 is 0. The van der Waals surface area contributed by atoms with Crippen LogP contribution in [0.25, 0.3) is 0 Å². The van der Waals surface area contributed by atoms with Crippen LogP contribution in [-0.4, -0.2) is 35.0 Å². The summed E-state index contributed by atoms with van der Waals surface area (Å²) in [5.74, 6) is -1.29. The molecule has 0 radical (unpaired) electrons. The van der Waals surface area contributed by atoms with Crippen LogP contribution in [0.5, 0.6) is 0 Å². The number of carbonyl (C=O) groups is 2. The number of carboxylic acids is 1. The Balaban J connectivity index is 2.06. The van der Waals surface area contributed by atoms with E-state index in [0.29, 0.717) is 18.7 Å². The lowest BCUT2D eigenvalue weighted by atomic mass is 9.98. The van der Waals surface area contributed by atoms with E-state index >= 15 is 0 Å². The van der Waals surface area contributed by atoms with Crippen molar-refractivity contribution in [1.82, 2.24) is 4.90 Å². The van der Waals surface area contributed by atoms with E-state index in [1.54, 1.807) is 11.0 Å². The molecule has 1 aromatic carbocycles. The molecule has 1 heterocycles. The number of rotatable bonds is 2. The molecular weight excluding hydrogens is 206 g/mol. The molecule has 1 aromatic rings. The molecule has 1 amide bonds. The van der Waals surface area contributed by atoms with Gasteiger partial charge in [-0.2, -0.15) is 0 Å². The van der Waals surface area contributed by atoms with E-state index in [9.17, 15) is 9.59 Å². The third kappa shape index (κ3) is 1.78. The van der Waals surface area contributed by atoms with Crippen LogP contribution in [0.15, 0.2) is 24.3 Å². The van der Waals surface area contributed by atoms with Gasteiger partial charge in [0, 0.05) is 18.7 Å². The zero-order valence-corrected chi connectivity index (χ0v) is 9.01. The minimum absolute atomic E-state index is 0.0735. The molecular formula is C12H13NO3. The molecule has 4 nitrogen and oxygen atoms in total. The highest BCUT2D eigenvalue weighted by Gasteiger charge is 2.36. The first-order valence-corrected chi connectivity index (χ1v) is 5.17. The Hall–Kier alpha value is -1.84. The fraction of sp³-hybridized carbons (Fsp3) is 0.333. The van der Waals surface area contributed by atoms with E-state index < -0.39 is 11.9 Å². The standard InChI is InChI=1S/C12H13NO3/c1-8-4-2-3-5-10(8)11(14)13-6-9(7-13)12(15)16/h2-5,9H,6-7H2,1H3,(H,15,16). The van der Waals surface area contributed by atoms with E-state index in [2.05, 4.69) is 0 Å². The number of benzene rings is 1. The Labute approximate surface area is 93.5 Å². The van der Waals surface area contributed by atoms with Gasteiger partial charge in [-0.05, 0) is 18.6 Å². The Morgan fingerprint density at radius 1 is 1.31 bits per heavy atom. The average molecular weight is 219 g/mol. The molecule has 0 unspecified atom stereocenters. The molecule has 0 saturated carbocycles. The van der Waals surface area contributed by atoms with Gasteiger partial charge in [0.1, 0.15) is 0 Å². The second kappa shape index (κ2) is 3.96. The van der Waals surface area contributed by atoms with E-state index in [1.807, 2.05) is 25.1 Å². The van der Waals surface area contributed by atoms with Crippen LogP contribution < -0.4 is 0 Å². The lowest BCUT2D eigenvalue weighted by Crippen LogP contribution is -2.53. The highest BCUT2D eigenvalue weighted by molar-refractivity contribution is 5.96. The van der Waals surface area contributed by atoms with Crippen molar-refractivity contribution in [2.45, 2.75) is 6.92 Å².